The Labute approximate surface area is 194 Å². The predicted molar refractivity (Wildman–Crippen MR) is 132 cm³/mol. The van der Waals surface area contributed by atoms with Crippen molar-refractivity contribution in [3.8, 4) is 0 Å². The van der Waals surface area contributed by atoms with Crippen LogP contribution in [0.1, 0.15) is 84.3 Å². The van der Waals surface area contributed by atoms with Crippen molar-refractivity contribution in [1.29, 1.82) is 0 Å². The van der Waals surface area contributed by atoms with Crippen LogP contribution in [0.25, 0.3) is 0 Å². The molecule has 3 atom stereocenters. The van der Waals surface area contributed by atoms with E-state index in [-0.39, 0.29) is 0 Å². The average molecular weight is 445 g/mol. The van der Waals surface area contributed by atoms with Gasteiger partial charge in [-0.15, -0.1) is 11.3 Å². The van der Waals surface area contributed by atoms with Crippen molar-refractivity contribution >= 4 is 16.5 Å². The number of hydrogen-bond donors (Lipinski definition) is 1. The third-order valence-electron chi connectivity index (χ3n) is 9.61. The highest BCUT2D eigenvalue weighted by Gasteiger charge is 2.50. The van der Waals surface area contributed by atoms with Crippen LogP contribution in [0.15, 0.2) is 5.38 Å². The minimum Gasteiger partial charge on any atom is -0.346 e. The van der Waals surface area contributed by atoms with Crippen LogP contribution in [-0.2, 0) is 0 Å². The van der Waals surface area contributed by atoms with Crippen molar-refractivity contribution in [3.05, 3.63) is 11.1 Å². The maximum Gasteiger partial charge on any atom is 0.185 e. The van der Waals surface area contributed by atoms with Crippen LogP contribution in [0.4, 0.5) is 5.13 Å². The van der Waals surface area contributed by atoms with Gasteiger partial charge in [0.2, 0.25) is 0 Å². The van der Waals surface area contributed by atoms with Gasteiger partial charge in [0, 0.05) is 43.5 Å². The molecule has 1 N–H and O–H groups in total. The van der Waals surface area contributed by atoms with Crippen molar-refractivity contribution in [2.24, 2.45) is 22.7 Å². The Morgan fingerprint density at radius 1 is 0.903 bits per heavy atom. The van der Waals surface area contributed by atoms with E-state index in [9.17, 15) is 0 Å². The zero-order chi connectivity index (χ0) is 21.6. The van der Waals surface area contributed by atoms with Crippen LogP contribution in [-0.4, -0.2) is 55.2 Å². The molecule has 174 valence electrons. The number of hydrogen-bond acceptors (Lipinski definition) is 5. The second-order valence-electron chi connectivity index (χ2n) is 12.3. The highest BCUT2D eigenvalue weighted by Crippen LogP contribution is 2.59. The number of aromatic nitrogens is 1. The van der Waals surface area contributed by atoms with Crippen molar-refractivity contribution in [2.75, 3.05) is 44.2 Å². The van der Waals surface area contributed by atoms with Crippen LogP contribution in [0.2, 0.25) is 0 Å². The van der Waals surface area contributed by atoms with Gasteiger partial charge in [0.1, 0.15) is 0 Å². The summed E-state index contributed by atoms with van der Waals surface area (Å²) in [5.41, 5.74) is 2.41. The second-order valence-corrected chi connectivity index (χ2v) is 13.1. The molecule has 0 radical (unpaired) electrons. The maximum absolute atomic E-state index is 5.23. The van der Waals surface area contributed by atoms with Gasteiger partial charge in [0.15, 0.2) is 5.13 Å². The summed E-state index contributed by atoms with van der Waals surface area (Å²) in [6, 6.07) is 0.800. The number of nitrogens with one attached hydrogen (secondary N) is 1. The van der Waals surface area contributed by atoms with Crippen LogP contribution in [0.3, 0.4) is 0 Å². The smallest absolute Gasteiger partial charge is 0.185 e. The number of rotatable bonds is 3. The molecule has 0 aromatic carbocycles. The van der Waals surface area contributed by atoms with E-state index in [0.717, 1.165) is 31.0 Å². The molecule has 1 aromatic heterocycles. The van der Waals surface area contributed by atoms with Crippen LogP contribution >= 0.6 is 11.3 Å². The molecule has 5 rings (SSSR count). The first-order valence-electron chi connectivity index (χ1n) is 13.0. The number of piperazine rings is 1. The maximum atomic E-state index is 5.23. The molecule has 1 aromatic rings. The van der Waals surface area contributed by atoms with Crippen molar-refractivity contribution < 1.29 is 0 Å². The molecular weight excluding hydrogens is 400 g/mol. The summed E-state index contributed by atoms with van der Waals surface area (Å²) < 4.78 is 0. The Morgan fingerprint density at radius 3 is 2.29 bits per heavy atom. The average Bonchev–Trinajstić information content (AvgIpc) is 3.28. The third-order valence-corrected chi connectivity index (χ3v) is 10.5. The molecule has 3 unspecified atom stereocenters. The summed E-state index contributed by atoms with van der Waals surface area (Å²) in [5, 5.41) is 7.19. The summed E-state index contributed by atoms with van der Waals surface area (Å²) in [7, 11) is 0. The molecular formula is C26H44N4S. The van der Waals surface area contributed by atoms with Crippen molar-refractivity contribution in [2.45, 2.75) is 84.6 Å². The van der Waals surface area contributed by atoms with E-state index in [2.05, 4.69) is 48.2 Å². The fourth-order valence-corrected chi connectivity index (χ4v) is 8.27. The third kappa shape index (κ3) is 4.44. The summed E-state index contributed by atoms with van der Waals surface area (Å²) in [6.07, 6.45) is 9.51. The number of thiazole rings is 1. The van der Waals surface area contributed by atoms with E-state index in [4.69, 9.17) is 4.98 Å². The highest BCUT2D eigenvalue weighted by molar-refractivity contribution is 7.13. The molecule has 0 amide bonds. The summed E-state index contributed by atoms with van der Waals surface area (Å²) in [4.78, 5) is 10.5. The molecule has 5 heteroatoms. The Bertz CT molecular complexity index is 742. The number of anilines is 1. The molecule has 2 saturated heterocycles. The molecule has 4 nitrogen and oxygen atoms in total. The first-order chi connectivity index (χ1) is 14.8. The lowest BCUT2D eigenvalue weighted by Gasteiger charge is -2.55. The van der Waals surface area contributed by atoms with Gasteiger partial charge in [-0.05, 0) is 80.7 Å². The standard InChI is InChI=1S/C26H44N4S/c1-25(2)9-10-26(3,4)22-17-19(5-6-21(22)25)23-18-31-24(28-23)30-15-13-29(14-16-30)20-7-11-27-12-8-20/h18-22,27H,5-17H2,1-4H3. The molecule has 3 heterocycles. The SMILES string of the molecule is CC1(C)CCC(C)(C)C2CC(c3csc(N4CCN(C5CCNCC5)CC4)n3)CCC21. The first kappa shape index (κ1) is 22.2. The summed E-state index contributed by atoms with van der Waals surface area (Å²) in [6.45, 7) is 17.2. The minimum absolute atomic E-state index is 0.489. The number of fused-ring (bicyclic) bond motifs is 1. The van der Waals surface area contributed by atoms with Crippen LogP contribution in [0, 0.1) is 22.7 Å². The molecule has 2 saturated carbocycles. The van der Waals surface area contributed by atoms with Gasteiger partial charge < -0.3 is 10.2 Å². The zero-order valence-electron chi connectivity index (χ0n) is 20.3. The Balaban J connectivity index is 1.21. The number of piperidine rings is 1. The summed E-state index contributed by atoms with van der Waals surface area (Å²) in [5.74, 6) is 2.43. The Hall–Kier alpha value is -0.650. The quantitative estimate of drug-likeness (QED) is 0.680. The van der Waals surface area contributed by atoms with E-state index in [1.807, 2.05) is 11.3 Å². The van der Waals surface area contributed by atoms with Gasteiger partial charge in [-0.2, -0.15) is 0 Å². The number of nitrogens with zero attached hydrogens (tertiary/aromatic N) is 3. The lowest BCUT2D eigenvalue weighted by Crippen LogP contribution is -2.52. The Morgan fingerprint density at radius 2 is 1.58 bits per heavy atom. The molecule has 4 aliphatic rings. The van der Waals surface area contributed by atoms with E-state index in [0.29, 0.717) is 16.7 Å². The lowest BCUT2D eigenvalue weighted by molar-refractivity contribution is -0.0501. The second kappa shape index (κ2) is 8.61. The first-order valence-corrected chi connectivity index (χ1v) is 13.9. The Kier molecular flexibility index (Phi) is 6.15. The molecule has 0 bridgehead atoms. The molecule has 0 spiro atoms. The normalized spacial score (nSPS) is 34.5. The highest BCUT2D eigenvalue weighted by atomic mass is 32.1. The molecule has 2 aliphatic carbocycles. The topological polar surface area (TPSA) is 31.4 Å². The van der Waals surface area contributed by atoms with Crippen LogP contribution in [0.5, 0.6) is 0 Å². The van der Waals surface area contributed by atoms with E-state index < -0.39 is 0 Å². The van der Waals surface area contributed by atoms with E-state index in [1.165, 1.54) is 82.0 Å². The predicted octanol–water partition coefficient (Wildman–Crippen LogP) is 5.36. The minimum atomic E-state index is 0.489. The molecule has 4 fully saturated rings. The fourth-order valence-electron chi connectivity index (χ4n) is 7.31. The van der Waals surface area contributed by atoms with Gasteiger partial charge in [-0.3, -0.25) is 4.90 Å². The van der Waals surface area contributed by atoms with Gasteiger partial charge in [-0.1, -0.05) is 27.7 Å². The monoisotopic (exact) mass is 444 g/mol. The molecule has 31 heavy (non-hydrogen) atoms. The lowest BCUT2D eigenvalue weighted by atomic mass is 9.49. The van der Waals surface area contributed by atoms with Crippen molar-refractivity contribution in [3.63, 3.8) is 0 Å². The van der Waals surface area contributed by atoms with Gasteiger partial charge in [0.25, 0.3) is 0 Å². The zero-order valence-corrected chi connectivity index (χ0v) is 21.1. The van der Waals surface area contributed by atoms with E-state index in [1.54, 1.807) is 0 Å². The van der Waals surface area contributed by atoms with Gasteiger partial charge in [0.05, 0.1) is 5.69 Å². The van der Waals surface area contributed by atoms with Gasteiger partial charge >= 0.3 is 0 Å². The van der Waals surface area contributed by atoms with Crippen LogP contribution < -0.4 is 10.2 Å². The largest absolute Gasteiger partial charge is 0.346 e. The van der Waals surface area contributed by atoms with Gasteiger partial charge in [-0.25, -0.2) is 4.98 Å². The fraction of sp³-hybridized carbons (Fsp3) is 0.885. The van der Waals surface area contributed by atoms with Crippen molar-refractivity contribution in [1.82, 2.24) is 15.2 Å². The molecule has 2 aliphatic heterocycles. The summed E-state index contributed by atoms with van der Waals surface area (Å²) >= 11 is 1.90. The van der Waals surface area contributed by atoms with E-state index >= 15 is 0 Å².